The minimum Gasteiger partial charge on any atom is -0.452 e. The molecule has 1 radical (unpaired) electrons. The van der Waals surface area contributed by atoms with E-state index in [0.29, 0.717) is 11.3 Å². The van der Waals surface area contributed by atoms with Gasteiger partial charge in [0.15, 0.2) is 11.5 Å². The number of fused-ring (bicyclic) bond motifs is 1. The first-order valence-corrected chi connectivity index (χ1v) is 4.29. The van der Waals surface area contributed by atoms with E-state index in [0.717, 1.165) is 0 Å². The van der Waals surface area contributed by atoms with Crippen molar-refractivity contribution in [3.05, 3.63) is 33.9 Å². The van der Waals surface area contributed by atoms with Gasteiger partial charge in [-0.3, -0.25) is 10.1 Å². The smallest absolute Gasteiger partial charge is 0.452 e. The summed E-state index contributed by atoms with van der Waals surface area (Å²) in [5.74, 6) is 0.550. The monoisotopic (exact) mass is 224 g/mol. The van der Waals surface area contributed by atoms with Crippen LogP contribution in [0.1, 0.15) is 5.56 Å². The number of carbonyl (C=O) groups excluding carboxylic acids is 1. The standard InChI is InChI=1S/C9H6NO6/c11-5-14-4-6-1-2-7-8(3-6)16-9(15-7)10(12)13/h1-3,9H,4H2. The molecule has 1 aliphatic heterocycles. The van der Waals surface area contributed by atoms with Crippen LogP contribution in [-0.2, 0) is 16.1 Å². The van der Waals surface area contributed by atoms with Crippen LogP contribution in [0.5, 0.6) is 11.5 Å². The van der Waals surface area contributed by atoms with Gasteiger partial charge in [-0.05, 0) is 17.7 Å². The lowest BCUT2D eigenvalue weighted by Gasteiger charge is -1.99. The average molecular weight is 224 g/mol. The van der Waals surface area contributed by atoms with E-state index in [1.807, 2.05) is 0 Å². The molecule has 16 heavy (non-hydrogen) atoms. The van der Waals surface area contributed by atoms with Crippen LogP contribution < -0.4 is 9.47 Å². The molecule has 0 spiro atoms. The number of hydrogen-bond acceptors (Lipinski definition) is 6. The summed E-state index contributed by atoms with van der Waals surface area (Å²) in [7, 11) is 0. The van der Waals surface area contributed by atoms with E-state index in [2.05, 4.69) is 4.74 Å². The second-order valence-corrected chi connectivity index (χ2v) is 2.98. The summed E-state index contributed by atoms with van der Waals surface area (Å²) in [6, 6.07) is 4.64. The number of nitrogens with zero attached hydrogens (tertiary/aromatic N) is 1. The van der Waals surface area contributed by atoms with Crippen molar-refractivity contribution in [3.63, 3.8) is 0 Å². The quantitative estimate of drug-likeness (QED) is 0.549. The first-order chi connectivity index (χ1) is 7.70. The zero-order valence-corrected chi connectivity index (χ0v) is 7.91. The van der Waals surface area contributed by atoms with E-state index in [9.17, 15) is 14.9 Å². The largest absolute Gasteiger partial charge is 0.517 e. The van der Waals surface area contributed by atoms with Crippen LogP contribution in [-0.4, -0.2) is 17.8 Å². The summed E-state index contributed by atoms with van der Waals surface area (Å²) >= 11 is 0. The number of nitro groups is 1. The van der Waals surface area contributed by atoms with Crippen molar-refractivity contribution in [2.75, 3.05) is 0 Å². The lowest BCUT2D eigenvalue weighted by atomic mass is 10.2. The fourth-order valence-corrected chi connectivity index (χ4v) is 1.27. The molecular weight excluding hydrogens is 218 g/mol. The summed E-state index contributed by atoms with van der Waals surface area (Å²) in [5, 5.41) is 10.4. The fraction of sp³-hybridized carbons (Fsp3) is 0.222. The SMILES string of the molecule is O=[C]OCc1ccc2c(c1)OC([N+](=O)[O-])O2. The lowest BCUT2D eigenvalue weighted by molar-refractivity contribution is -0.600. The Morgan fingerprint density at radius 2 is 2.19 bits per heavy atom. The van der Waals surface area contributed by atoms with Crippen molar-refractivity contribution in [3.8, 4) is 11.5 Å². The fourth-order valence-electron chi connectivity index (χ4n) is 1.27. The Morgan fingerprint density at radius 1 is 1.44 bits per heavy atom. The van der Waals surface area contributed by atoms with Crippen molar-refractivity contribution < 1.29 is 23.9 Å². The maximum atomic E-state index is 10.4. The molecule has 83 valence electrons. The predicted octanol–water partition coefficient (Wildman–Crippen LogP) is 0.602. The minimum atomic E-state index is -1.51. The van der Waals surface area contributed by atoms with Crippen LogP contribution in [0, 0.1) is 10.1 Å². The molecule has 1 heterocycles. The first kappa shape index (κ1) is 10.2. The Hall–Kier alpha value is -2.31. The lowest BCUT2D eigenvalue weighted by Crippen LogP contribution is -2.27. The Bertz CT molecular complexity index is 432. The number of ether oxygens (including phenoxy) is 3. The van der Waals surface area contributed by atoms with Crippen LogP contribution in [0.3, 0.4) is 0 Å². The zero-order chi connectivity index (χ0) is 11.5. The second kappa shape index (κ2) is 4.05. The molecular formula is C9H6NO6. The van der Waals surface area contributed by atoms with Gasteiger partial charge in [0.1, 0.15) is 11.5 Å². The highest BCUT2D eigenvalue weighted by Crippen LogP contribution is 2.35. The van der Waals surface area contributed by atoms with Gasteiger partial charge in [0.2, 0.25) is 0 Å². The summed E-state index contributed by atoms with van der Waals surface area (Å²) in [6.07, 6.45) is -1.51. The van der Waals surface area contributed by atoms with Gasteiger partial charge in [-0.1, -0.05) is 6.07 Å². The molecule has 1 aliphatic rings. The van der Waals surface area contributed by atoms with Gasteiger partial charge in [-0.15, -0.1) is 0 Å². The van der Waals surface area contributed by atoms with E-state index in [4.69, 9.17) is 9.47 Å². The zero-order valence-electron chi connectivity index (χ0n) is 7.91. The van der Waals surface area contributed by atoms with E-state index in [1.54, 1.807) is 6.07 Å². The normalized spacial score (nSPS) is 16.9. The van der Waals surface area contributed by atoms with Crippen molar-refractivity contribution in [1.82, 2.24) is 0 Å². The molecule has 0 fully saturated rings. The molecule has 0 N–H and O–H groups in total. The van der Waals surface area contributed by atoms with Gasteiger partial charge >= 0.3 is 12.9 Å². The average Bonchev–Trinajstić information content (AvgIpc) is 2.69. The number of rotatable bonds is 4. The molecule has 2 rings (SSSR count). The third-order valence-electron chi connectivity index (χ3n) is 1.93. The van der Waals surface area contributed by atoms with E-state index >= 15 is 0 Å². The van der Waals surface area contributed by atoms with Gasteiger partial charge in [-0.25, -0.2) is 4.79 Å². The first-order valence-electron chi connectivity index (χ1n) is 4.29. The van der Waals surface area contributed by atoms with E-state index in [-0.39, 0.29) is 12.4 Å². The topological polar surface area (TPSA) is 87.9 Å². The van der Waals surface area contributed by atoms with Gasteiger partial charge < -0.3 is 14.2 Å². The molecule has 0 aromatic heterocycles. The van der Waals surface area contributed by atoms with Crippen LogP contribution in [0.15, 0.2) is 18.2 Å². The number of benzene rings is 1. The van der Waals surface area contributed by atoms with E-state index in [1.165, 1.54) is 18.6 Å². The van der Waals surface area contributed by atoms with E-state index < -0.39 is 11.3 Å². The molecule has 7 heteroatoms. The molecule has 0 aliphatic carbocycles. The molecule has 0 saturated heterocycles. The van der Waals surface area contributed by atoms with Crippen molar-refractivity contribution in [1.29, 1.82) is 0 Å². The molecule has 7 nitrogen and oxygen atoms in total. The van der Waals surface area contributed by atoms with Gasteiger partial charge in [0.05, 0.1) is 0 Å². The highest BCUT2D eigenvalue weighted by atomic mass is 16.8. The maximum Gasteiger partial charge on any atom is 0.517 e. The third-order valence-corrected chi connectivity index (χ3v) is 1.93. The van der Waals surface area contributed by atoms with Gasteiger partial charge in [0.25, 0.3) is 0 Å². The molecule has 1 aromatic rings. The number of hydrogen-bond donors (Lipinski definition) is 0. The van der Waals surface area contributed by atoms with Crippen LogP contribution in [0.25, 0.3) is 0 Å². The molecule has 1 atom stereocenters. The molecule has 1 unspecified atom stereocenters. The third kappa shape index (κ3) is 1.88. The predicted molar refractivity (Wildman–Crippen MR) is 49.0 cm³/mol. The van der Waals surface area contributed by atoms with Crippen molar-refractivity contribution >= 4 is 6.47 Å². The molecule has 0 bridgehead atoms. The molecule has 1 aromatic carbocycles. The molecule has 0 saturated carbocycles. The Balaban J connectivity index is 2.14. The minimum absolute atomic E-state index is 0.0310. The van der Waals surface area contributed by atoms with Crippen molar-refractivity contribution in [2.24, 2.45) is 0 Å². The highest BCUT2D eigenvalue weighted by Gasteiger charge is 2.33. The Kier molecular flexibility index (Phi) is 2.59. The molecule has 0 amide bonds. The summed E-state index contributed by atoms with van der Waals surface area (Å²) in [4.78, 5) is 19.6. The van der Waals surface area contributed by atoms with Crippen LogP contribution in [0.2, 0.25) is 0 Å². The Morgan fingerprint density at radius 3 is 2.88 bits per heavy atom. The second-order valence-electron chi connectivity index (χ2n) is 2.98. The maximum absolute atomic E-state index is 10.4. The van der Waals surface area contributed by atoms with Gasteiger partial charge in [-0.2, -0.15) is 0 Å². The van der Waals surface area contributed by atoms with Gasteiger partial charge in [0, 0.05) is 0 Å². The summed E-state index contributed by atoms with van der Waals surface area (Å²) < 4.78 is 14.2. The highest BCUT2D eigenvalue weighted by molar-refractivity contribution is 5.45. The Labute approximate surface area is 89.7 Å². The van der Waals surface area contributed by atoms with Crippen LogP contribution in [0.4, 0.5) is 0 Å². The summed E-state index contributed by atoms with van der Waals surface area (Å²) in [5.41, 5.74) is 0.634. The summed E-state index contributed by atoms with van der Waals surface area (Å²) in [6.45, 7) is 1.31. The van der Waals surface area contributed by atoms with Crippen molar-refractivity contribution in [2.45, 2.75) is 13.0 Å². The van der Waals surface area contributed by atoms with Crippen LogP contribution >= 0.6 is 0 Å².